The number of rotatable bonds is 6. The first-order valence-electron chi connectivity index (χ1n) is 6.23. The molecule has 108 valence electrons. The molecule has 0 aromatic carbocycles. The lowest BCUT2D eigenvalue weighted by Gasteiger charge is -1.94. The number of thioether (sulfide) groups is 1. The van der Waals surface area contributed by atoms with Gasteiger partial charge in [-0.2, -0.15) is 0 Å². The molecule has 0 amide bonds. The van der Waals surface area contributed by atoms with Gasteiger partial charge in [0, 0.05) is 11.6 Å². The summed E-state index contributed by atoms with van der Waals surface area (Å²) in [6.45, 7) is 1.95. The Hall–Kier alpha value is -1.93. The summed E-state index contributed by atoms with van der Waals surface area (Å²) >= 11 is 2.82. The van der Waals surface area contributed by atoms with Gasteiger partial charge in [0.2, 0.25) is 5.89 Å². The molecule has 21 heavy (non-hydrogen) atoms. The van der Waals surface area contributed by atoms with E-state index in [-0.39, 0.29) is 11.5 Å². The van der Waals surface area contributed by atoms with Gasteiger partial charge in [0.1, 0.15) is 0 Å². The Morgan fingerprint density at radius 3 is 3.10 bits per heavy atom. The van der Waals surface area contributed by atoms with Crippen molar-refractivity contribution in [2.24, 2.45) is 0 Å². The minimum absolute atomic E-state index is 0.000115. The number of nitrogens with zero attached hydrogens (tertiary/aromatic N) is 3. The summed E-state index contributed by atoms with van der Waals surface area (Å²) in [6.07, 6.45) is 2.24. The number of H-pyrrole nitrogens is 1. The average Bonchev–Trinajstić information content (AvgIpc) is 3.19. The molecule has 0 bridgehead atoms. The minimum atomic E-state index is -0.000115. The Bertz CT molecular complexity index is 733. The summed E-state index contributed by atoms with van der Waals surface area (Å²) in [5.74, 6) is 0.771. The molecule has 0 unspecified atom stereocenters. The van der Waals surface area contributed by atoms with Crippen LogP contribution < -0.4 is 0 Å². The summed E-state index contributed by atoms with van der Waals surface area (Å²) in [5, 5.41) is 11.3. The molecule has 6 nitrogen and oxygen atoms in total. The molecule has 0 aliphatic heterocycles. The van der Waals surface area contributed by atoms with Crippen molar-refractivity contribution in [1.82, 2.24) is 20.2 Å². The molecule has 0 atom stereocenters. The summed E-state index contributed by atoms with van der Waals surface area (Å²) < 4.78 is 5.51. The molecule has 3 aromatic heterocycles. The number of aryl methyl sites for hydroxylation is 1. The second kappa shape index (κ2) is 6.23. The Kier molecular flexibility index (Phi) is 4.16. The molecule has 8 heteroatoms. The van der Waals surface area contributed by atoms with E-state index in [4.69, 9.17) is 4.42 Å². The average molecular weight is 320 g/mol. The Labute approximate surface area is 129 Å². The third-order valence-electron chi connectivity index (χ3n) is 2.67. The second-order valence-electron chi connectivity index (χ2n) is 4.29. The molecule has 0 saturated carbocycles. The van der Waals surface area contributed by atoms with Crippen molar-refractivity contribution >= 4 is 28.9 Å². The quantitative estimate of drug-likeness (QED) is 0.555. The van der Waals surface area contributed by atoms with Crippen LogP contribution in [-0.2, 0) is 6.42 Å². The fourth-order valence-corrected chi connectivity index (χ4v) is 3.00. The number of hydrogen-bond acceptors (Lipinski definition) is 7. The first-order valence-corrected chi connectivity index (χ1v) is 8.10. The molecule has 3 heterocycles. The lowest BCUT2D eigenvalue weighted by atomic mass is 10.3. The van der Waals surface area contributed by atoms with Gasteiger partial charge in [-0.1, -0.05) is 11.8 Å². The number of Topliss-reactive ketones (excluding diaryl/α,β-unsaturated/α-hetero) is 1. The molecule has 0 aliphatic carbocycles. The smallest absolute Gasteiger partial charge is 0.277 e. The highest BCUT2D eigenvalue weighted by Crippen LogP contribution is 2.19. The number of ketones is 1. The van der Waals surface area contributed by atoms with Crippen LogP contribution in [0.4, 0.5) is 0 Å². The van der Waals surface area contributed by atoms with E-state index in [0.29, 0.717) is 23.2 Å². The van der Waals surface area contributed by atoms with Crippen molar-refractivity contribution in [2.45, 2.75) is 18.6 Å². The van der Waals surface area contributed by atoms with Crippen molar-refractivity contribution < 1.29 is 9.21 Å². The third kappa shape index (κ3) is 3.59. The van der Waals surface area contributed by atoms with E-state index in [1.54, 1.807) is 29.7 Å². The first-order chi connectivity index (χ1) is 10.2. The molecule has 0 spiro atoms. The van der Waals surface area contributed by atoms with E-state index in [2.05, 4.69) is 20.2 Å². The van der Waals surface area contributed by atoms with E-state index >= 15 is 0 Å². The van der Waals surface area contributed by atoms with Crippen LogP contribution in [-0.4, -0.2) is 31.7 Å². The lowest BCUT2D eigenvalue weighted by molar-refractivity contribution is 0.101. The van der Waals surface area contributed by atoms with E-state index < -0.39 is 0 Å². The largest absolute Gasteiger partial charge is 0.416 e. The maximum absolute atomic E-state index is 11.8. The van der Waals surface area contributed by atoms with Crippen LogP contribution in [0.15, 0.2) is 33.3 Å². The maximum Gasteiger partial charge on any atom is 0.277 e. The molecule has 3 aromatic rings. The number of aromatic amines is 1. The van der Waals surface area contributed by atoms with Gasteiger partial charge in [0.15, 0.2) is 5.78 Å². The normalized spacial score (nSPS) is 10.9. The fraction of sp³-hybridized carbons (Fsp3) is 0.231. The molecule has 0 aliphatic rings. The summed E-state index contributed by atoms with van der Waals surface area (Å²) in [6, 6.07) is 3.53. The summed E-state index contributed by atoms with van der Waals surface area (Å²) in [7, 11) is 0. The number of carbonyl (C=O) groups is 1. The predicted octanol–water partition coefficient (Wildman–Crippen LogP) is 2.73. The summed E-state index contributed by atoms with van der Waals surface area (Å²) in [5.41, 5.74) is 1.50. The number of carbonyl (C=O) groups excluding carboxylic acids is 1. The van der Waals surface area contributed by atoms with E-state index in [1.165, 1.54) is 11.8 Å². The van der Waals surface area contributed by atoms with Crippen LogP contribution in [0.25, 0.3) is 0 Å². The van der Waals surface area contributed by atoms with E-state index in [0.717, 1.165) is 10.7 Å². The van der Waals surface area contributed by atoms with Crippen LogP contribution in [0.1, 0.15) is 27.1 Å². The van der Waals surface area contributed by atoms with Crippen molar-refractivity contribution in [3.63, 3.8) is 0 Å². The van der Waals surface area contributed by atoms with Crippen molar-refractivity contribution in [2.75, 3.05) is 5.75 Å². The lowest BCUT2D eigenvalue weighted by Crippen LogP contribution is -2.02. The number of nitrogens with one attached hydrogen (secondary N) is 1. The molecule has 3 rings (SSSR count). The van der Waals surface area contributed by atoms with E-state index in [1.807, 2.05) is 12.3 Å². The second-order valence-corrected chi connectivity index (χ2v) is 6.28. The van der Waals surface area contributed by atoms with Crippen LogP contribution in [0.2, 0.25) is 0 Å². The highest BCUT2D eigenvalue weighted by Gasteiger charge is 2.12. The van der Waals surface area contributed by atoms with Crippen LogP contribution >= 0.6 is 23.1 Å². The van der Waals surface area contributed by atoms with Gasteiger partial charge < -0.3 is 9.40 Å². The van der Waals surface area contributed by atoms with Gasteiger partial charge in [0.25, 0.3) is 5.22 Å². The zero-order valence-corrected chi connectivity index (χ0v) is 12.8. The van der Waals surface area contributed by atoms with Gasteiger partial charge in [-0.05, 0) is 19.1 Å². The molecular weight excluding hydrogens is 308 g/mol. The van der Waals surface area contributed by atoms with E-state index in [9.17, 15) is 4.79 Å². The zero-order valence-electron chi connectivity index (χ0n) is 11.2. The third-order valence-corrected chi connectivity index (χ3v) is 4.31. The standard InChI is InChI=1S/C13H12N4O2S2/c1-8-15-9(6-20-8)5-12-16-17-13(19-12)21-7-11(18)10-3-2-4-14-10/h2-4,6,14H,5,7H2,1H3. The monoisotopic (exact) mass is 320 g/mol. The van der Waals surface area contributed by atoms with Crippen LogP contribution in [0.3, 0.4) is 0 Å². The minimum Gasteiger partial charge on any atom is -0.416 e. The van der Waals surface area contributed by atoms with Gasteiger partial charge in [-0.25, -0.2) is 4.98 Å². The number of hydrogen-bond donors (Lipinski definition) is 1. The topological polar surface area (TPSA) is 84.7 Å². The maximum atomic E-state index is 11.8. The number of thiazole rings is 1. The number of aromatic nitrogens is 4. The molecule has 0 saturated heterocycles. The van der Waals surface area contributed by atoms with Gasteiger partial charge in [-0.15, -0.1) is 21.5 Å². The van der Waals surface area contributed by atoms with Crippen LogP contribution in [0, 0.1) is 6.92 Å². The fourth-order valence-electron chi connectivity index (χ4n) is 1.72. The van der Waals surface area contributed by atoms with Gasteiger partial charge in [-0.3, -0.25) is 4.79 Å². The SMILES string of the molecule is Cc1nc(Cc2nnc(SCC(=O)c3ccc[nH]3)o2)cs1. The van der Waals surface area contributed by atoms with Crippen LogP contribution in [0.5, 0.6) is 0 Å². The Morgan fingerprint density at radius 2 is 2.38 bits per heavy atom. The first kappa shape index (κ1) is 14.0. The molecular formula is C13H12N4O2S2. The highest BCUT2D eigenvalue weighted by atomic mass is 32.2. The van der Waals surface area contributed by atoms with Gasteiger partial charge >= 0.3 is 0 Å². The molecule has 0 fully saturated rings. The zero-order chi connectivity index (χ0) is 14.7. The summed E-state index contributed by atoms with van der Waals surface area (Å²) in [4.78, 5) is 19.1. The Balaban J connectivity index is 1.56. The highest BCUT2D eigenvalue weighted by molar-refractivity contribution is 7.99. The molecule has 0 radical (unpaired) electrons. The predicted molar refractivity (Wildman–Crippen MR) is 79.8 cm³/mol. The van der Waals surface area contributed by atoms with Crippen molar-refractivity contribution in [3.05, 3.63) is 46.0 Å². The molecule has 1 N–H and O–H groups in total. The van der Waals surface area contributed by atoms with Crippen molar-refractivity contribution in [3.8, 4) is 0 Å². The Morgan fingerprint density at radius 1 is 1.48 bits per heavy atom. The van der Waals surface area contributed by atoms with Crippen molar-refractivity contribution in [1.29, 1.82) is 0 Å². The van der Waals surface area contributed by atoms with Gasteiger partial charge in [0.05, 0.1) is 28.6 Å².